The number of aromatic nitrogens is 2. The first-order valence-electron chi connectivity index (χ1n) is 4.91. The number of carbonyl (C=O) groups excluding carboxylic acids is 1. The first-order valence-corrected chi connectivity index (χ1v) is 5.29. The summed E-state index contributed by atoms with van der Waals surface area (Å²) < 4.78 is 5.49. The van der Waals surface area contributed by atoms with Crippen molar-refractivity contribution in [2.24, 2.45) is 0 Å². The van der Waals surface area contributed by atoms with Crippen LogP contribution in [0.2, 0.25) is 5.15 Å². The lowest BCUT2D eigenvalue weighted by atomic mass is 10.2. The van der Waals surface area contributed by atoms with Gasteiger partial charge in [0, 0.05) is 11.6 Å². The van der Waals surface area contributed by atoms with E-state index in [2.05, 4.69) is 9.97 Å². The predicted octanol–water partition coefficient (Wildman–Crippen LogP) is 3.04. The van der Waals surface area contributed by atoms with Gasteiger partial charge in [0.05, 0.1) is 0 Å². The number of halogens is 1. The van der Waals surface area contributed by atoms with Gasteiger partial charge in [-0.25, -0.2) is 4.98 Å². The van der Waals surface area contributed by atoms with Crippen molar-refractivity contribution in [2.75, 3.05) is 0 Å². The molecule has 17 heavy (non-hydrogen) atoms. The third-order valence-corrected chi connectivity index (χ3v) is 2.19. The molecule has 0 fully saturated rings. The highest BCUT2D eigenvalue weighted by Gasteiger charge is 2.03. The van der Waals surface area contributed by atoms with Gasteiger partial charge in [0.1, 0.15) is 23.0 Å². The molecule has 1 heterocycles. The number of aldehydes is 1. The fraction of sp³-hybridized carbons (Fsp3) is 0.0833. The number of ether oxygens (including phenoxy) is 1. The maximum absolute atomic E-state index is 10.6. The first-order chi connectivity index (χ1) is 8.17. The van der Waals surface area contributed by atoms with Gasteiger partial charge in [-0.3, -0.25) is 4.79 Å². The molecule has 0 bridgehead atoms. The minimum absolute atomic E-state index is 0.319. The maximum atomic E-state index is 10.6. The molecule has 1 aromatic heterocycles. The minimum Gasteiger partial charge on any atom is -0.439 e. The summed E-state index contributed by atoms with van der Waals surface area (Å²) in [6.45, 7) is 1.72. The van der Waals surface area contributed by atoms with Crippen molar-refractivity contribution in [3.63, 3.8) is 0 Å². The molecule has 2 rings (SSSR count). The van der Waals surface area contributed by atoms with E-state index in [-0.39, 0.29) is 0 Å². The van der Waals surface area contributed by atoms with Crippen LogP contribution in [-0.4, -0.2) is 16.3 Å². The molecule has 1 aromatic carbocycles. The number of benzene rings is 1. The van der Waals surface area contributed by atoms with Crippen LogP contribution in [0.15, 0.2) is 30.3 Å². The van der Waals surface area contributed by atoms with Gasteiger partial charge in [-0.15, -0.1) is 0 Å². The van der Waals surface area contributed by atoms with Crippen LogP contribution in [0.3, 0.4) is 0 Å². The third-order valence-electron chi connectivity index (χ3n) is 2.00. The zero-order valence-electron chi connectivity index (χ0n) is 9.05. The molecular weight excluding hydrogens is 240 g/mol. The quantitative estimate of drug-likeness (QED) is 0.619. The van der Waals surface area contributed by atoms with Crippen molar-refractivity contribution < 1.29 is 9.53 Å². The normalized spacial score (nSPS) is 10.0. The molecule has 0 unspecified atom stereocenters. The molecule has 0 saturated carbocycles. The topological polar surface area (TPSA) is 52.1 Å². The molecule has 0 spiro atoms. The molecule has 0 radical (unpaired) electrons. The molecule has 0 atom stereocenters. The lowest BCUT2D eigenvalue weighted by Crippen LogP contribution is -1.93. The van der Waals surface area contributed by atoms with E-state index in [1.54, 1.807) is 31.2 Å². The molecule has 0 amide bonds. The summed E-state index contributed by atoms with van der Waals surface area (Å²) in [6.07, 6.45) is 0.755. The van der Waals surface area contributed by atoms with Gasteiger partial charge in [0.25, 0.3) is 0 Å². The van der Waals surface area contributed by atoms with E-state index in [0.717, 1.165) is 6.29 Å². The number of nitrogens with zero attached hydrogens (tertiary/aromatic N) is 2. The Labute approximate surface area is 103 Å². The second-order valence-corrected chi connectivity index (χ2v) is 3.76. The average Bonchev–Trinajstić information content (AvgIpc) is 2.28. The Bertz CT molecular complexity index is 538. The predicted molar refractivity (Wildman–Crippen MR) is 63.7 cm³/mol. The summed E-state index contributed by atoms with van der Waals surface area (Å²) in [7, 11) is 0. The molecule has 0 aliphatic carbocycles. The Hall–Kier alpha value is -1.94. The van der Waals surface area contributed by atoms with E-state index in [1.165, 1.54) is 6.07 Å². The van der Waals surface area contributed by atoms with E-state index in [4.69, 9.17) is 16.3 Å². The summed E-state index contributed by atoms with van der Waals surface area (Å²) in [5.74, 6) is 1.41. The van der Waals surface area contributed by atoms with Gasteiger partial charge < -0.3 is 4.74 Å². The number of aryl methyl sites for hydroxylation is 1. The van der Waals surface area contributed by atoms with Crippen molar-refractivity contribution >= 4 is 17.9 Å². The van der Waals surface area contributed by atoms with E-state index in [9.17, 15) is 4.79 Å². The fourth-order valence-corrected chi connectivity index (χ4v) is 1.55. The van der Waals surface area contributed by atoms with Crippen LogP contribution < -0.4 is 4.74 Å². The molecule has 2 aromatic rings. The molecule has 0 aliphatic heterocycles. The van der Waals surface area contributed by atoms with Gasteiger partial charge in [-0.2, -0.15) is 4.98 Å². The summed E-state index contributed by atoms with van der Waals surface area (Å²) in [5, 5.41) is 0.319. The van der Waals surface area contributed by atoms with Gasteiger partial charge in [0.15, 0.2) is 0 Å². The number of carbonyl (C=O) groups is 1. The first kappa shape index (κ1) is 11.5. The number of hydrogen-bond acceptors (Lipinski definition) is 4. The SMILES string of the molecule is Cc1nc(Cl)cc(Oc2cccc(C=O)c2)n1. The summed E-state index contributed by atoms with van der Waals surface area (Å²) in [5.41, 5.74) is 0.541. The van der Waals surface area contributed by atoms with E-state index >= 15 is 0 Å². The standard InChI is InChI=1S/C12H9ClN2O2/c1-8-14-11(13)6-12(15-8)17-10-4-2-3-9(5-10)7-16/h2-7H,1H3. The largest absolute Gasteiger partial charge is 0.439 e. The zero-order chi connectivity index (χ0) is 12.3. The summed E-state index contributed by atoms with van der Waals surface area (Å²) in [4.78, 5) is 18.6. The van der Waals surface area contributed by atoms with E-state index in [0.29, 0.717) is 28.2 Å². The van der Waals surface area contributed by atoms with Gasteiger partial charge in [-0.05, 0) is 19.1 Å². The van der Waals surface area contributed by atoms with Crippen LogP contribution in [0.25, 0.3) is 0 Å². The van der Waals surface area contributed by atoms with Crippen LogP contribution in [-0.2, 0) is 0 Å². The molecule has 0 aliphatic rings. The Morgan fingerprint density at radius 2 is 2.12 bits per heavy atom. The molecule has 4 nitrogen and oxygen atoms in total. The number of rotatable bonds is 3. The smallest absolute Gasteiger partial charge is 0.224 e. The van der Waals surface area contributed by atoms with Crippen molar-refractivity contribution in [1.29, 1.82) is 0 Å². The second kappa shape index (κ2) is 4.93. The highest BCUT2D eigenvalue weighted by molar-refractivity contribution is 6.29. The van der Waals surface area contributed by atoms with Crippen LogP contribution in [0.4, 0.5) is 0 Å². The lowest BCUT2D eigenvalue weighted by molar-refractivity contribution is 0.112. The van der Waals surface area contributed by atoms with Gasteiger partial charge in [0.2, 0.25) is 5.88 Å². The van der Waals surface area contributed by atoms with Crippen molar-refractivity contribution in [3.8, 4) is 11.6 Å². The third kappa shape index (κ3) is 3.01. The minimum atomic E-state index is 0.319. The highest BCUT2D eigenvalue weighted by Crippen LogP contribution is 2.22. The molecule has 86 valence electrons. The van der Waals surface area contributed by atoms with Gasteiger partial charge >= 0.3 is 0 Å². The van der Waals surface area contributed by atoms with E-state index in [1.807, 2.05) is 0 Å². The van der Waals surface area contributed by atoms with Crippen LogP contribution in [0, 0.1) is 6.92 Å². The monoisotopic (exact) mass is 248 g/mol. The molecule has 0 N–H and O–H groups in total. The van der Waals surface area contributed by atoms with Crippen molar-refractivity contribution in [1.82, 2.24) is 9.97 Å². The van der Waals surface area contributed by atoms with Crippen LogP contribution in [0.1, 0.15) is 16.2 Å². The van der Waals surface area contributed by atoms with Gasteiger partial charge in [-0.1, -0.05) is 23.7 Å². The highest BCUT2D eigenvalue weighted by atomic mass is 35.5. The Kier molecular flexibility index (Phi) is 3.35. The summed E-state index contributed by atoms with van der Waals surface area (Å²) >= 11 is 5.79. The average molecular weight is 249 g/mol. The molecule has 0 saturated heterocycles. The maximum Gasteiger partial charge on any atom is 0.224 e. The lowest BCUT2D eigenvalue weighted by Gasteiger charge is -2.05. The van der Waals surface area contributed by atoms with Crippen LogP contribution >= 0.6 is 11.6 Å². The Morgan fingerprint density at radius 1 is 1.29 bits per heavy atom. The molecule has 5 heteroatoms. The van der Waals surface area contributed by atoms with Crippen molar-refractivity contribution in [3.05, 3.63) is 46.9 Å². The Balaban J connectivity index is 2.27. The number of hydrogen-bond donors (Lipinski definition) is 0. The fourth-order valence-electron chi connectivity index (χ4n) is 1.33. The van der Waals surface area contributed by atoms with Crippen LogP contribution in [0.5, 0.6) is 11.6 Å². The van der Waals surface area contributed by atoms with E-state index < -0.39 is 0 Å². The zero-order valence-corrected chi connectivity index (χ0v) is 9.81. The second-order valence-electron chi connectivity index (χ2n) is 3.37. The molecular formula is C12H9ClN2O2. The Morgan fingerprint density at radius 3 is 2.82 bits per heavy atom. The van der Waals surface area contributed by atoms with Crippen molar-refractivity contribution in [2.45, 2.75) is 6.92 Å². The summed E-state index contributed by atoms with van der Waals surface area (Å²) in [6, 6.07) is 8.30.